The highest BCUT2D eigenvalue weighted by atomic mass is 16.3. The first kappa shape index (κ1) is 27.3. The highest BCUT2D eigenvalue weighted by molar-refractivity contribution is 5.83. The first-order valence-corrected chi connectivity index (χ1v) is 15.9. The molecule has 0 radical (unpaired) electrons. The van der Waals surface area contributed by atoms with Crippen molar-refractivity contribution in [2.24, 2.45) is 46.3 Å². The molecule has 4 aliphatic rings. The molecule has 1 heterocycles. The van der Waals surface area contributed by atoms with E-state index in [1.54, 1.807) is 0 Å². The maximum absolute atomic E-state index is 12.8. The number of carbonyl (C=O) groups is 1. The van der Waals surface area contributed by atoms with E-state index in [-0.39, 0.29) is 28.9 Å². The summed E-state index contributed by atoms with van der Waals surface area (Å²) in [7, 11) is 0. The molecule has 6 rings (SSSR count). The molecular weight excluding hydrogens is 484 g/mol. The summed E-state index contributed by atoms with van der Waals surface area (Å²) < 4.78 is 0. The third kappa shape index (κ3) is 4.76. The predicted octanol–water partition coefficient (Wildman–Crippen LogP) is 6.23. The van der Waals surface area contributed by atoms with Gasteiger partial charge in [-0.15, -0.1) is 0 Å². The Hall–Kier alpha value is -1.85. The number of rotatable bonds is 7. The number of para-hydroxylation sites is 1. The second-order valence-corrected chi connectivity index (χ2v) is 14.4. The molecular formula is C34H50N2O3. The van der Waals surface area contributed by atoms with Crippen LogP contribution in [0.25, 0.3) is 10.9 Å². The van der Waals surface area contributed by atoms with Crippen molar-refractivity contribution < 1.29 is 15.0 Å². The number of nitrogens with one attached hydrogen (secondary N) is 2. The molecule has 5 nitrogen and oxygen atoms in total. The van der Waals surface area contributed by atoms with Crippen molar-refractivity contribution >= 4 is 16.8 Å². The van der Waals surface area contributed by atoms with Crippen LogP contribution in [0.3, 0.4) is 0 Å². The largest absolute Gasteiger partial charge is 0.393 e. The summed E-state index contributed by atoms with van der Waals surface area (Å²) in [5.41, 5.74) is 2.95. The van der Waals surface area contributed by atoms with Crippen LogP contribution in [0.4, 0.5) is 0 Å². The highest BCUT2D eigenvalue weighted by Crippen LogP contribution is 2.68. The fraction of sp³-hybridized carbons (Fsp3) is 0.735. The van der Waals surface area contributed by atoms with E-state index in [0.717, 1.165) is 44.0 Å². The SMILES string of the molecule is C[C@H](CCC(=O)NCCc1c[nH]c2ccccc12)[C@H]1CC[C@H]2[C@@H]3[C@H](O)C[C@@H]4C[C@H](O)CC[C@]4(C)[C@H]3CC[C@]12C. The number of H-pyrrole nitrogens is 1. The zero-order valence-electron chi connectivity index (χ0n) is 24.3. The molecule has 4 saturated carbocycles. The molecule has 39 heavy (non-hydrogen) atoms. The van der Waals surface area contributed by atoms with E-state index in [9.17, 15) is 15.0 Å². The maximum Gasteiger partial charge on any atom is 0.220 e. The van der Waals surface area contributed by atoms with E-state index >= 15 is 0 Å². The number of carbonyl (C=O) groups excluding carboxylic acids is 1. The van der Waals surface area contributed by atoms with Crippen molar-refractivity contribution in [3.05, 3.63) is 36.0 Å². The molecule has 0 unspecified atom stereocenters. The lowest BCUT2D eigenvalue weighted by Gasteiger charge is -2.62. The quantitative estimate of drug-likeness (QED) is 0.340. The first-order chi connectivity index (χ1) is 18.7. The number of hydrogen-bond donors (Lipinski definition) is 4. The molecule has 10 atom stereocenters. The second kappa shape index (κ2) is 10.5. The summed E-state index contributed by atoms with van der Waals surface area (Å²) >= 11 is 0. The Balaban J connectivity index is 1.04. The molecule has 0 aliphatic heterocycles. The summed E-state index contributed by atoms with van der Waals surface area (Å²) in [6, 6.07) is 8.33. The number of aliphatic hydroxyl groups is 2. The average molecular weight is 535 g/mol. The third-order valence-corrected chi connectivity index (χ3v) is 12.6. The minimum Gasteiger partial charge on any atom is -0.393 e. The van der Waals surface area contributed by atoms with Crippen LogP contribution in [-0.4, -0.2) is 39.9 Å². The van der Waals surface area contributed by atoms with Gasteiger partial charge in [-0.1, -0.05) is 39.0 Å². The van der Waals surface area contributed by atoms with Crippen LogP contribution in [0.2, 0.25) is 0 Å². The van der Waals surface area contributed by atoms with Gasteiger partial charge in [0.15, 0.2) is 0 Å². The summed E-state index contributed by atoms with van der Waals surface area (Å²) in [5.74, 6) is 3.38. The van der Waals surface area contributed by atoms with Crippen LogP contribution >= 0.6 is 0 Å². The molecule has 0 saturated heterocycles. The smallest absolute Gasteiger partial charge is 0.220 e. The van der Waals surface area contributed by atoms with E-state index in [1.807, 2.05) is 6.07 Å². The summed E-state index contributed by atoms with van der Waals surface area (Å²) in [5, 5.41) is 26.2. The molecule has 4 N–H and O–H groups in total. The van der Waals surface area contributed by atoms with E-state index in [2.05, 4.69) is 55.5 Å². The minimum absolute atomic E-state index is 0.172. The number of fused-ring (bicyclic) bond motifs is 6. The number of aromatic amines is 1. The number of aromatic nitrogens is 1. The van der Waals surface area contributed by atoms with Crippen LogP contribution in [0.15, 0.2) is 30.5 Å². The van der Waals surface area contributed by atoms with Gasteiger partial charge < -0.3 is 20.5 Å². The lowest BCUT2D eigenvalue weighted by molar-refractivity contribution is -0.174. The van der Waals surface area contributed by atoms with Crippen molar-refractivity contribution in [3.63, 3.8) is 0 Å². The standard InChI is InChI=1S/C34H50N2O3/c1-21(8-11-31(39)35-17-14-22-20-36-29-7-5-4-6-25(22)29)26-9-10-27-32-28(13-16-34(26,27)3)33(2)15-12-24(37)18-23(33)19-30(32)38/h4-7,20-21,23-24,26-28,30,32,36-38H,8-19H2,1-3H3,(H,35,39)/t21-,23+,24-,26-,27+,28+,30-,32+,33+,34-/m1/s1. The molecule has 0 bridgehead atoms. The topological polar surface area (TPSA) is 85.4 Å². The average Bonchev–Trinajstić information content (AvgIpc) is 3.49. The van der Waals surface area contributed by atoms with E-state index in [4.69, 9.17) is 0 Å². The zero-order chi connectivity index (χ0) is 27.4. The maximum atomic E-state index is 12.8. The number of amides is 1. The Morgan fingerprint density at radius 2 is 1.82 bits per heavy atom. The van der Waals surface area contributed by atoms with Crippen molar-refractivity contribution in [2.45, 2.75) is 104 Å². The predicted molar refractivity (Wildman–Crippen MR) is 156 cm³/mol. The lowest BCUT2D eigenvalue weighted by atomic mass is 9.43. The molecule has 4 fully saturated rings. The molecule has 1 aromatic carbocycles. The molecule has 0 spiro atoms. The molecule has 214 valence electrons. The van der Waals surface area contributed by atoms with Gasteiger partial charge in [0.25, 0.3) is 0 Å². The van der Waals surface area contributed by atoms with Crippen molar-refractivity contribution in [2.75, 3.05) is 6.54 Å². The second-order valence-electron chi connectivity index (χ2n) is 14.4. The van der Waals surface area contributed by atoms with Gasteiger partial charge in [-0.05, 0) is 122 Å². The summed E-state index contributed by atoms with van der Waals surface area (Å²) in [6.07, 6.45) is 12.8. The van der Waals surface area contributed by atoms with Crippen molar-refractivity contribution in [3.8, 4) is 0 Å². The minimum atomic E-state index is -0.222. The zero-order valence-corrected chi connectivity index (χ0v) is 24.3. The Morgan fingerprint density at radius 1 is 1.05 bits per heavy atom. The fourth-order valence-corrected chi connectivity index (χ4v) is 10.5. The van der Waals surface area contributed by atoms with Crippen LogP contribution in [0, 0.1) is 46.3 Å². The molecule has 5 heteroatoms. The van der Waals surface area contributed by atoms with Crippen LogP contribution in [0.5, 0.6) is 0 Å². The van der Waals surface area contributed by atoms with Gasteiger partial charge in [-0.25, -0.2) is 0 Å². The van der Waals surface area contributed by atoms with E-state index in [0.29, 0.717) is 48.5 Å². The van der Waals surface area contributed by atoms with Gasteiger partial charge in [-0.2, -0.15) is 0 Å². The number of benzene rings is 1. The third-order valence-electron chi connectivity index (χ3n) is 12.6. The van der Waals surface area contributed by atoms with E-state index < -0.39 is 0 Å². The normalized spacial score (nSPS) is 40.5. The van der Waals surface area contributed by atoms with Crippen LogP contribution < -0.4 is 5.32 Å². The molecule has 1 amide bonds. The summed E-state index contributed by atoms with van der Waals surface area (Å²) in [4.78, 5) is 16.1. The number of hydrogen-bond acceptors (Lipinski definition) is 3. The highest BCUT2D eigenvalue weighted by Gasteiger charge is 2.62. The molecule has 4 aliphatic carbocycles. The van der Waals surface area contributed by atoms with Gasteiger partial charge in [0.2, 0.25) is 5.91 Å². The molecule has 2 aromatic rings. The van der Waals surface area contributed by atoms with Gasteiger partial charge in [0.1, 0.15) is 0 Å². The first-order valence-electron chi connectivity index (χ1n) is 15.9. The molecule has 1 aromatic heterocycles. The fourth-order valence-electron chi connectivity index (χ4n) is 10.5. The number of aliphatic hydroxyl groups excluding tert-OH is 2. The Morgan fingerprint density at radius 3 is 2.67 bits per heavy atom. The Labute approximate surface area is 234 Å². The summed E-state index contributed by atoms with van der Waals surface area (Å²) in [6.45, 7) is 8.06. The Bertz CT molecular complexity index is 1180. The van der Waals surface area contributed by atoms with Crippen LogP contribution in [-0.2, 0) is 11.2 Å². The van der Waals surface area contributed by atoms with Crippen molar-refractivity contribution in [1.82, 2.24) is 10.3 Å². The lowest BCUT2D eigenvalue weighted by Crippen LogP contribution is -2.58. The van der Waals surface area contributed by atoms with Gasteiger partial charge in [0.05, 0.1) is 12.2 Å². The van der Waals surface area contributed by atoms with E-state index in [1.165, 1.54) is 36.6 Å². The Kier molecular flexibility index (Phi) is 7.37. The monoisotopic (exact) mass is 534 g/mol. The van der Waals surface area contributed by atoms with Crippen LogP contribution in [0.1, 0.15) is 90.5 Å². The van der Waals surface area contributed by atoms with Gasteiger partial charge >= 0.3 is 0 Å². The van der Waals surface area contributed by atoms with Gasteiger partial charge in [0, 0.05) is 30.1 Å². The van der Waals surface area contributed by atoms with Gasteiger partial charge in [-0.3, -0.25) is 4.79 Å². The van der Waals surface area contributed by atoms with Crippen molar-refractivity contribution in [1.29, 1.82) is 0 Å².